The monoisotopic (exact) mass is 319 g/mol. The fourth-order valence-electron chi connectivity index (χ4n) is 2.29. The van der Waals surface area contributed by atoms with Crippen LogP contribution in [0.15, 0.2) is 4.99 Å². The number of hydrogen-bond donors (Lipinski definition) is 2. The molecule has 0 amide bonds. The fraction of sp³-hybridized carbons (Fsp3) is 0.929. The van der Waals surface area contributed by atoms with Crippen LogP contribution >= 0.6 is 0 Å². The van der Waals surface area contributed by atoms with Gasteiger partial charge < -0.3 is 15.4 Å². The van der Waals surface area contributed by atoms with Crippen molar-refractivity contribution in [3.05, 3.63) is 0 Å². The van der Waals surface area contributed by atoms with Gasteiger partial charge in [-0.1, -0.05) is 19.3 Å². The van der Waals surface area contributed by atoms with Crippen molar-refractivity contribution in [2.45, 2.75) is 45.1 Å². The van der Waals surface area contributed by atoms with Crippen LogP contribution < -0.4 is 10.6 Å². The van der Waals surface area contributed by atoms with Crippen molar-refractivity contribution in [1.29, 1.82) is 0 Å². The van der Waals surface area contributed by atoms with Crippen molar-refractivity contribution in [3.8, 4) is 0 Å². The molecular formula is C14H29N3O3S. The van der Waals surface area contributed by atoms with Crippen LogP contribution in [0.2, 0.25) is 0 Å². The first kappa shape index (κ1) is 18.2. The topological polar surface area (TPSA) is 79.8 Å². The molecule has 21 heavy (non-hydrogen) atoms. The number of rotatable bonds is 8. The molecule has 0 aliphatic heterocycles. The Morgan fingerprint density at radius 1 is 1.24 bits per heavy atom. The molecule has 7 heteroatoms. The lowest BCUT2D eigenvalue weighted by Crippen LogP contribution is -2.44. The number of aliphatic imine (C=N–C) groups is 1. The molecule has 0 aromatic rings. The lowest BCUT2D eigenvalue weighted by atomic mass is 9.96. The smallest absolute Gasteiger partial charge is 0.191 e. The van der Waals surface area contributed by atoms with Gasteiger partial charge in [-0.15, -0.1) is 0 Å². The van der Waals surface area contributed by atoms with Crippen molar-refractivity contribution >= 4 is 15.8 Å². The standard InChI is InChI=1S/C14H29N3O3S/c1-3-15-14(17-13-7-5-4-6-8-13)16-9-10-20-11-12-21(2,18)19/h13H,3-12H2,1-2H3,(H2,15,16,17). The quantitative estimate of drug-likeness (QED) is 0.395. The molecule has 0 aromatic heterocycles. The van der Waals surface area contributed by atoms with Gasteiger partial charge in [0.15, 0.2) is 5.96 Å². The molecule has 1 saturated carbocycles. The van der Waals surface area contributed by atoms with Crippen LogP contribution in [-0.4, -0.2) is 58.7 Å². The molecule has 0 radical (unpaired) electrons. The second-order valence-electron chi connectivity index (χ2n) is 5.48. The molecule has 2 N–H and O–H groups in total. The Morgan fingerprint density at radius 3 is 2.57 bits per heavy atom. The number of ether oxygens (including phenoxy) is 1. The fourth-order valence-corrected chi connectivity index (χ4v) is 2.72. The summed E-state index contributed by atoms with van der Waals surface area (Å²) in [5, 5.41) is 6.69. The molecular weight excluding hydrogens is 290 g/mol. The van der Waals surface area contributed by atoms with Gasteiger partial charge in [-0.05, 0) is 19.8 Å². The van der Waals surface area contributed by atoms with Gasteiger partial charge in [0.2, 0.25) is 0 Å². The third kappa shape index (κ3) is 9.68. The number of hydrogen-bond acceptors (Lipinski definition) is 4. The van der Waals surface area contributed by atoms with Gasteiger partial charge in [0, 0.05) is 18.8 Å². The molecule has 124 valence electrons. The van der Waals surface area contributed by atoms with E-state index in [2.05, 4.69) is 15.6 Å². The van der Waals surface area contributed by atoms with E-state index in [4.69, 9.17) is 4.74 Å². The number of nitrogens with one attached hydrogen (secondary N) is 2. The van der Waals surface area contributed by atoms with Crippen LogP contribution in [-0.2, 0) is 14.6 Å². The maximum Gasteiger partial charge on any atom is 0.191 e. The lowest BCUT2D eigenvalue weighted by Gasteiger charge is -2.24. The van der Waals surface area contributed by atoms with Gasteiger partial charge in [-0.3, -0.25) is 4.99 Å². The summed E-state index contributed by atoms with van der Waals surface area (Å²) in [4.78, 5) is 4.46. The molecule has 0 aromatic carbocycles. The minimum Gasteiger partial charge on any atom is -0.378 e. The Labute approximate surface area is 128 Å². The highest BCUT2D eigenvalue weighted by Crippen LogP contribution is 2.17. The minimum absolute atomic E-state index is 0.0666. The minimum atomic E-state index is -2.94. The van der Waals surface area contributed by atoms with Crippen molar-refractivity contribution in [2.24, 2.45) is 4.99 Å². The maximum absolute atomic E-state index is 11.0. The zero-order valence-corrected chi connectivity index (χ0v) is 14.0. The van der Waals surface area contributed by atoms with Crippen LogP contribution in [0.1, 0.15) is 39.0 Å². The molecule has 1 aliphatic rings. The number of nitrogens with zero attached hydrogens (tertiary/aromatic N) is 1. The van der Waals surface area contributed by atoms with E-state index in [1.807, 2.05) is 6.92 Å². The molecule has 1 rings (SSSR count). The van der Waals surface area contributed by atoms with Crippen molar-refractivity contribution in [2.75, 3.05) is 38.3 Å². The molecule has 0 spiro atoms. The Balaban J connectivity index is 2.24. The molecule has 0 unspecified atom stereocenters. The second kappa shape index (κ2) is 10.00. The summed E-state index contributed by atoms with van der Waals surface area (Å²) in [5.41, 5.74) is 0. The number of guanidine groups is 1. The molecule has 6 nitrogen and oxygen atoms in total. The molecule has 1 aliphatic carbocycles. The van der Waals surface area contributed by atoms with Gasteiger partial charge in [0.05, 0.1) is 25.5 Å². The van der Waals surface area contributed by atoms with Crippen LogP contribution in [0, 0.1) is 0 Å². The highest BCUT2D eigenvalue weighted by Gasteiger charge is 2.14. The molecule has 0 bridgehead atoms. The van der Waals surface area contributed by atoms with Crippen LogP contribution in [0.4, 0.5) is 0 Å². The van der Waals surface area contributed by atoms with E-state index in [1.54, 1.807) is 0 Å². The summed E-state index contributed by atoms with van der Waals surface area (Å²) in [6.45, 7) is 4.08. The predicted octanol–water partition coefficient (Wildman–Crippen LogP) is 0.935. The number of sulfone groups is 1. The third-order valence-corrected chi connectivity index (χ3v) is 4.30. The third-order valence-electron chi connectivity index (χ3n) is 3.39. The predicted molar refractivity (Wildman–Crippen MR) is 86.5 cm³/mol. The van der Waals surface area contributed by atoms with Gasteiger partial charge in [0.1, 0.15) is 9.84 Å². The van der Waals surface area contributed by atoms with Gasteiger partial charge in [-0.2, -0.15) is 0 Å². The van der Waals surface area contributed by atoms with Crippen molar-refractivity contribution < 1.29 is 13.2 Å². The van der Waals surface area contributed by atoms with Gasteiger partial charge in [-0.25, -0.2) is 8.42 Å². The molecule has 0 saturated heterocycles. The summed E-state index contributed by atoms with van der Waals surface area (Å²) in [6.07, 6.45) is 7.52. The summed E-state index contributed by atoms with van der Waals surface area (Å²) in [6, 6.07) is 0.516. The van der Waals surface area contributed by atoms with Gasteiger partial charge in [0.25, 0.3) is 0 Å². The first-order chi connectivity index (χ1) is 10.0. The van der Waals surface area contributed by atoms with E-state index in [9.17, 15) is 8.42 Å². The Morgan fingerprint density at radius 2 is 1.95 bits per heavy atom. The Hall–Kier alpha value is -0.820. The SMILES string of the molecule is CCNC(=NCCOCCS(C)(=O)=O)NC1CCCCC1. The summed E-state index contributed by atoms with van der Waals surface area (Å²) in [5.74, 6) is 0.896. The first-order valence-corrected chi connectivity index (χ1v) is 9.87. The average Bonchev–Trinajstić information content (AvgIpc) is 2.43. The van der Waals surface area contributed by atoms with E-state index in [0.717, 1.165) is 12.5 Å². The van der Waals surface area contributed by atoms with E-state index in [1.165, 1.54) is 38.4 Å². The zero-order valence-electron chi connectivity index (χ0n) is 13.2. The normalized spacial score (nSPS) is 17.7. The summed E-state index contributed by atoms with van der Waals surface area (Å²) >= 11 is 0. The van der Waals surface area contributed by atoms with Gasteiger partial charge >= 0.3 is 0 Å². The summed E-state index contributed by atoms with van der Waals surface area (Å²) in [7, 11) is -2.94. The average molecular weight is 319 g/mol. The molecule has 0 atom stereocenters. The second-order valence-corrected chi connectivity index (χ2v) is 7.74. The van der Waals surface area contributed by atoms with E-state index in [0.29, 0.717) is 19.2 Å². The van der Waals surface area contributed by atoms with Crippen LogP contribution in [0.25, 0.3) is 0 Å². The lowest BCUT2D eigenvalue weighted by molar-refractivity contribution is 0.157. The van der Waals surface area contributed by atoms with Crippen LogP contribution in [0.3, 0.4) is 0 Å². The molecule has 0 heterocycles. The highest BCUT2D eigenvalue weighted by molar-refractivity contribution is 7.90. The van der Waals surface area contributed by atoms with Crippen molar-refractivity contribution in [1.82, 2.24) is 10.6 Å². The Bertz CT molecular complexity index is 404. The highest BCUT2D eigenvalue weighted by atomic mass is 32.2. The van der Waals surface area contributed by atoms with Crippen molar-refractivity contribution in [3.63, 3.8) is 0 Å². The van der Waals surface area contributed by atoms with E-state index < -0.39 is 9.84 Å². The zero-order chi connectivity index (χ0) is 15.6. The summed E-state index contributed by atoms with van der Waals surface area (Å²) < 4.78 is 27.2. The van der Waals surface area contributed by atoms with E-state index in [-0.39, 0.29) is 12.4 Å². The first-order valence-electron chi connectivity index (χ1n) is 7.81. The largest absolute Gasteiger partial charge is 0.378 e. The molecule has 1 fully saturated rings. The maximum atomic E-state index is 11.0. The van der Waals surface area contributed by atoms with Crippen LogP contribution in [0.5, 0.6) is 0 Å². The Kier molecular flexibility index (Phi) is 8.68. The van der Waals surface area contributed by atoms with E-state index >= 15 is 0 Å².